The Morgan fingerprint density at radius 1 is 0.677 bits per heavy atom. The molecule has 0 saturated heterocycles. The molecule has 0 spiro atoms. The van der Waals surface area contributed by atoms with Gasteiger partial charge in [-0.25, -0.2) is 0 Å². The van der Waals surface area contributed by atoms with E-state index in [1.54, 1.807) is 23.5 Å². The maximum Gasteiger partial charge on any atom is 0.308 e. The van der Waals surface area contributed by atoms with Crippen LogP contribution in [0.25, 0.3) is 10.0 Å². The van der Waals surface area contributed by atoms with Gasteiger partial charge in [-0.2, -0.15) is 0 Å². The summed E-state index contributed by atoms with van der Waals surface area (Å²) >= 11 is 15.4. The predicted molar refractivity (Wildman–Crippen MR) is 239 cm³/mol. The molecule has 6 heterocycles. The van der Waals surface area contributed by atoms with Crippen molar-refractivity contribution < 1.29 is 23.9 Å². The summed E-state index contributed by atoms with van der Waals surface area (Å²) in [6.07, 6.45) is 0.00634. The van der Waals surface area contributed by atoms with E-state index in [4.69, 9.17) is 42.7 Å². The summed E-state index contributed by atoms with van der Waals surface area (Å²) in [4.78, 5) is 51.5. The molecular formula is C43H42Cl2N10O5S2. The number of nitrogens with zero attached hydrogens (tertiary/aromatic N) is 8. The number of aliphatic imine (C=N–C) groups is 2. The fraction of sp³-hybridized carbons (Fsp3) is 0.326. The lowest BCUT2D eigenvalue weighted by Gasteiger charge is -2.13. The number of esters is 1. The summed E-state index contributed by atoms with van der Waals surface area (Å²) in [7, 11) is 1.33. The summed E-state index contributed by atoms with van der Waals surface area (Å²) in [5.41, 5.74) is 6.59. The third-order valence-electron chi connectivity index (χ3n) is 10.7. The molecule has 0 aliphatic carbocycles. The number of carbonyl (C=O) groups excluding carboxylic acids is 3. The van der Waals surface area contributed by atoms with E-state index in [9.17, 15) is 14.4 Å². The molecule has 0 fully saturated rings. The van der Waals surface area contributed by atoms with Gasteiger partial charge in [0.2, 0.25) is 5.91 Å². The van der Waals surface area contributed by atoms with Crippen molar-refractivity contribution in [3.05, 3.63) is 125 Å². The van der Waals surface area contributed by atoms with E-state index in [2.05, 4.69) is 44.9 Å². The largest absolute Gasteiger partial charge is 0.469 e. The number of hydrogen-bond donors (Lipinski definition) is 2. The van der Waals surface area contributed by atoms with Crippen LogP contribution in [0.2, 0.25) is 10.0 Å². The van der Waals surface area contributed by atoms with E-state index in [-0.39, 0.29) is 51.0 Å². The maximum absolute atomic E-state index is 13.7. The predicted octanol–water partition coefficient (Wildman–Crippen LogP) is 7.12. The van der Waals surface area contributed by atoms with E-state index in [0.29, 0.717) is 54.5 Å². The van der Waals surface area contributed by atoms with Gasteiger partial charge in [0, 0.05) is 50.3 Å². The molecule has 62 heavy (non-hydrogen) atoms. The summed E-state index contributed by atoms with van der Waals surface area (Å²) in [6.45, 7) is 10.7. The molecule has 6 aromatic rings. The first kappa shape index (κ1) is 43.1. The van der Waals surface area contributed by atoms with Crippen molar-refractivity contribution in [2.75, 3.05) is 33.4 Å². The number of fused-ring (bicyclic) bond motifs is 6. The SMILES string of the molecule is COC(=O)CC1N=C(c2ccc(Cl)cc2)c2c(sc(C(=O)NCCOCCNC(=O)CC3N=C(c4ccc(Cl)cc4)c4c(sc(C)c4C)-n4c(C)nnc43)c2C)-n2c(C)nnc21. The zero-order valence-electron chi connectivity index (χ0n) is 34.7. The number of methoxy groups -OCH3 is 1. The van der Waals surface area contributed by atoms with Crippen molar-refractivity contribution in [1.29, 1.82) is 0 Å². The highest BCUT2D eigenvalue weighted by molar-refractivity contribution is 7.17. The summed E-state index contributed by atoms with van der Waals surface area (Å²) in [6, 6.07) is 13.5. The van der Waals surface area contributed by atoms with Gasteiger partial charge in [-0.3, -0.25) is 33.5 Å². The first-order valence-electron chi connectivity index (χ1n) is 19.8. The Balaban J connectivity index is 0.911. The van der Waals surface area contributed by atoms with Gasteiger partial charge in [-0.05, 0) is 70.0 Å². The highest BCUT2D eigenvalue weighted by atomic mass is 35.5. The molecule has 2 aliphatic rings. The van der Waals surface area contributed by atoms with Crippen LogP contribution in [0.5, 0.6) is 0 Å². The van der Waals surface area contributed by atoms with E-state index in [1.165, 1.54) is 18.4 Å². The van der Waals surface area contributed by atoms with Crippen LogP contribution >= 0.6 is 45.9 Å². The van der Waals surface area contributed by atoms with Crippen molar-refractivity contribution in [3.63, 3.8) is 0 Å². The molecule has 0 radical (unpaired) electrons. The molecular weight excluding hydrogens is 872 g/mol. The summed E-state index contributed by atoms with van der Waals surface area (Å²) in [5, 5.41) is 26.4. The topological polar surface area (TPSA) is 180 Å². The van der Waals surface area contributed by atoms with Crippen LogP contribution in [-0.2, 0) is 19.1 Å². The maximum atomic E-state index is 13.7. The van der Waals surface area contributed by atoms with Crippen LogP contribution < -0.4 is 10.6 Å². The lowest BCUT2D eigenvalue weighted by atomic mass is 9.99. The molecule has 19 heteroatoms. The molecule has 320 valence electrons. The second-order valence-corrected chi connectivity index (χ2v) is 17.9. The Kier molecular flexibility index (Phi) is 12.5. The molecule has 2 atom stereocenters. The quantitative estimate of drug-likeness (QED) is 0.0902. The van der Waals surface area contributed by atoms with Gasteiger partial charge >= 0.3 is 5.97 Å². The highest BCUT2D eigenvalue weighted by Crippen LogP contribution is 2.41. The van der Waals surface area contributed by atoms with E-state index < -0.39 is 18.1 Å². The number of amides is 2. The fourth-order valence-electron chi connectivity index (χ4n) is 7.54. The minimum Gasteiger partial charge on any atom is -0.469 e. The van der Waals surface area contributed by atoms with Crippen LogP contribution in [0.3, 0.4) is 0 Å². The number of halogens is 2. The molecule has 8 rings (SSSR count). The third kappa shape index (κ3) is 8.34. The summed E-state index contributed by atoms with van der Waals surface area (Å²) < 4.78 is 14.7. The minimum atomic E-state index is -0.680. The van der Waals surface area contributed by atoms with Crippen molar-refractivity contribution in [3.8, 4) is 10.0 Å². The normalized spacial score (nSPS) is 15.3. The first-order chi connectivity index (χ1) is 29.8. The van der Waals surface area contributed by atoms with Crippen LogP contribution in [0.4, 0.5) is 0 Å². The van der Waals surface area contributed by atoms with Crippen molar-refractivity contribution in [1.82, 2.24) is 40.2 Å². The van der Waals surface area contributed by atoms with Gasteiger partial charge in [0.05, 0.1) is 49.5 Å². The average molecular weight is 914 g/mol. The number of hydrogen-bond acceptors (Lipinski definition) is 13. The zero-order valence-corrected chi connectivity index (χ0v) is 37.9. The Morgan fingerprint density at radius 2 is 1.18 bits per heavy atom. The average Bonchev–Trinajstić information content (AvgIpc) is 3.96. The van der Waals surface area contributed by atoms with Crippen LogP contribution in [0, 0.1) is 34.6 Å². The minimum absolute atomic E-state index is 0.0442. The van der Waals surface area contributed by atoms with Crippen molar-refractivity contribution >= 4 is 75.1 Å². The molecule has 2 unspecified atom stereocenters. The molecule has 15 nitrogen and oxygen atoms in total. The fourth-order valence-corrected chi connectivity index (χ4v) is 10.3. The Labute approximate surface area is 375 Å². The van der Waals surface area contributed by atoms with E-state index in [0.717, 1.165) is 43.4 Å². The lowest BCUT2D eigenvalue weighted by Crippen LogP contribution is -2.31. The number of ether oxygens (including phenoxy) is 2. The number of benzene rings is 2. The van der Waals surface area contributed by atoms with Gasteiger partial charge in [0.25, 0.3) is 5.91 Å². The second kappa shape index (κ2) is 18.0. The number of aryl methyl sites for hydroxylation is 3. The molecule has 2 amide bonds. The molecule has 2 N–H and O–H groups in total. The van der Waals surface area contributed by atoms with Gasteiger partial charge in [0.1, 0.15) is 33.7 Å². The second-order valence-electron chi connectivity index (χ2n) is 14.8. The molecule has 4 aromatic heterocycles. The smallest absolute Gasteiger partial charge is 0.308 e. The van der Waals surface area contributed by atoms with Crippen LogP contribution in [-0.4, -0.2) is 92.1 Å². The summed E-state index contributed by atoms with van der Waals surface area (Å²) in [5.74, 6) is 1.43. The standard InChI is InChI=1S/C43H42Cl2N10O5S2/c1-21-23(3)61-42-34(21)36(26-7-11-28(44)12-8-26)48-30(39-52-50-24(4)54(39)42)19-32(56)46-15-17-60-18-16-47-41(58)38-22(2)35-37(27-9-13-29(45)14-10-27)49-31(20-33(57)59-6)40-53-51-25(5)55(40)43(35)62-38/h7-14,30-31H,15-20H2,1-6H3,(H,46,56)(H,47,58). The van der Waals surface area contributed by atoms with Crippen LogP contribution in [0.1, 0.15) is 96.2 Å². The number of rotatable bonds is 13. The van der Waals surface area contributed by atoms with Crippen molar-refractivity contribution in [2.45, 2.75) is 59.5 Å². The van der Waals surface area contributed by atoms with E-state index >= 15 is 0 Å². The molecule has 0 saturated carbocycles. The number of carbonyl (C=O) groups is 3. The van der Waals surface area contributed by atoms with Gasteiger partial charge in [0.15, 0.2) is 11.6 Å². The highest BCUT2D eigenvalue weighted by Gasteiger charge is 2.35. The third-order valence-corrected chi connectivity index (χ3v) is 13.7. The Bertz CT molecular complexity index is 2770. The zero-order chi connectivity index (χ0) is 43.8. The van der Waals surface area contributed by atoms with E-state index in [1.807, 2.05) is 66.3 Å². The first-order valence-corrected chi connectivity index (χ1v) is 22.2. The number of thiophene rings is 2. The number of nitrogens with one attached hydrogen (secondary N) is 2. The molecule has 2 aromatic carbocycles. The van der Waals surface area contributed by atoms with Gasteiger partial charge < -0.3 is 20.1 Å². The van der Waals surface area contributed by atoms with Gasteiger partial charge in [-0.1, -0.05) is 47.5 Å². The Morgan fingerprint density at radius 3 is 1.73 bits per heavy atom. The van der Waals surface area contributed by atoms with Gasteiger partial charge in [-0.15, -0.1) is 43.1 Å². The Hall–Kier alpha value is -5.59. The number of aromatic nitrogens is 6. The lowest BCUT2D eigenvalue weighted by molar-refractivity contribution is -0.141. The molecule has 2 aliphatic heterocycles. The monoisotopic (exact) mass is 912 g/mol. The van der Waals surface area contributed by atoms with Crippen molar-refractivity contribution in [2.24, 2.45) is 9.98 Å². The van der Waals surface area contributed by atoms with Crippen LogP contribution in [0.15, 0.2) is 58.5 Å². The molecule has 0 bridgehead atoms.